The number of halogens is 2. The van der Waals surface area contributed by atoms with E-state index in [2.05, 4.69) is 0 Å². The number of hydrogen-bond acceptors (Lipinski definition) is 0. The SMILES string of the molecule is CCC(Cl)=C(C)Cl. The van der Waals surface area contributed by atoms with Crippen molar-refractivity contribution in [2.24, 2.45) is 0 Å². The van der Waals surface area contributed by atoms with E-state index in [4.69, 9.17) is 23.2 Å². The third-order valence-electron chi connectivity index (χ3n) is 0.684. The van der Waals surface area contributed by atoms with Crippen LogP contribution in [0.15, 0.2) is 10.1 Å². The Kier molecular flexibility index (Phi) is 3.49. The summed E-state index contributed by atoms with van der Waals surface area (Å²) in [5.74, 6) is 0. The molecule has 0 heterocycles. The first kappa shape index (κ1) is 7.32. The van der Waals surface area contributed by atoms with Gasteiger partial charge < -0.3 is 0 Å². The highest BCUT2D eigenvalue weighted by atomic mass is 35.5. The maximum Gasteiger partial charge on any atom is 0.0320 e. The van der Waals surface area contributed by atoms with Crippen LogP contribution in [-0.2, 0) is 0 Å². The summed E-state index contributed by atoms with van der Waals surface area (Å²) in [5, 5.41) is 1.45. The summed E-state index contributed by atoms with van der Waals surface area (Å²) >= 11 is 11.0. The minimum Gasteiger partial charge on any atom is -0.0882 e. The maximum absolute atomic E-state index is 5.55. The van der Waals surface area contributed by atoms with Crippen LogP contribution < -0.4 is 0 Å². The van der Waals surface area contributed by atoms with E-state index in [1.807, 2.05) is 6.92 Å². The Morgan fingerprint density at radius 1 is 1.43 bits per heavy atom. The molecule has 0 amide bonds. The van der Waals surface area contributed by atoms with Gasteiger partial charge in [-0.2, -0.15) is 0 Å². The molecule has 42 valence electrons. The third-order valence-corrected chi connectivity index (χ3v) is 1.56. The van der Waals surface area contributed by atoms with Crippen LogP contribution in [0.5, 0.6) is 0 Å². The standard InChI is InChI=1S/C5H8Cl2/c1-3-5(7)4(2)6/h3H2,1-2H3. The molecule has 0 aliphatic rings. The van der Waals surface area contributed by atoms with Gasteiger partial charge in [-0.25, -0.2) is 0 Å². The molecule has 0 N–H and O–H groups in total. The average molecular weight is 139 g/mol. The van der Waals surface area contributed by atoms with Gasteiger partial charge in [-0.05, 0) is 13.3 Å². The number of allylic oxidation sites excluding steroid dienone is 2. The molecular weight excluding hydrogens is 131 g/mol. The highest BCUT2D eigenvalue weighted by Crippen LogP contribution is 2.14. The van der Waals surface area contributed by atoms with Crippen molar-refractivity contribution >= 4 is 23.2 Å². The van der Waals surface area contributed by atoms with Crippen molar-refractivity contribution in [2.45, 2.75) is 20.3 Å². The first-order chi connectivity index (χ1) is 3.18. The second-order valence-corrected chi connectivity index (χ2v) is 2.32. The highest BCUT2D eigenvalue weighted by Gasteiger charge is 1.88. The van der Waals surface area contributed by atoms with E-state index in [9.17, 15) is 0 Å². The highest BCUT2D eigenvalue weighted by molar-refractivity contribution is 6.38. The van der Waals surface area contributed by atoms with Crippen molar-refractivity contribution in [3.8, 4) is 0 Å². The number of hydrogen-bond donors (Lipinski definition) is 0. The second kappa shape index (κ2) is 3.34. The summed E-state index contributed by atoms with van der Waals surface area (Å²) in [4.78, 5) is 0. The van der Waals surface area contributed by atoms with Crippen molar-refractivity contribution in [1.82, 2.24) is 0 Å². The summed E-state index contributed by atoms with van der Waals surface area (Å²) in [6.45, 7) is 3.75. The zero-order valence-electron chi connectivity index (χ0n) is 4.46. The normalized spacial score (nSPS) is 13.7. The number of rotatable bonds is 1. The molecule has 0 nitrogen and oxygen atoms in total. The van der Waals surface area contributed by atoms with Gasteiger partial charge in [0.1, 0.15) is 0 Å². The molecule has 0 saturated carbocycles. The van der Waals surface area contributed by atoms with Crippen LogP contribution in [0.3, 0.4) is 0 Å². The Bertz CT molecular complexity index is 80.1. The minimum absolute atomic E-state index is 0.698. The van der Waals surface area contributed by atoms with Gasteiger partial charge in [0.15, 0.2) is 0 Å². The summed E-state index contributed by atoms with van der Waals surface area (Å²) in [6, 6.07) is 0. The van der Waals surface area contributed by atoms with Gasteiger partial charge >= 0.3 is 0 Å². The lowest BCUT2D eigenvalue weighted by Gasteiger charge is -1.89. The third kappa shape index (κ3) is 2.95. The lowest BCUT2D eigenvalue weighted by atomic mass is 10.4. The van der Waals surface area contributed by atoms with Crippen LogP contribution in [0.1, 0.15) is 20.3 Å². The monoisotopic (exact) mass is 138 g/mol. The van der Waals surface area contributed by atoms with Crippen molar-refractivity contribution in [1.29, 1.82) is 0 Å². The molecule has 0 rings (SSSR count). The first-order valence-electron chi connectivity index (χ1n) is 2.19. The van der Waals surface area contributed by atoms with E-state index in [1.165, 1.54) is 0 Å². The minimum atomic E-state index is 0.698. The van der Waals surface area contributed by atoms with Gasteiger partial charge in [-0.1, -0.05) is 30.1 Å². The fourth-order valence-electron chi connectivity index (χ4n) is 0.244. The van der Waals surface area contributed by atoms with E-state index in [-0.39, 0.29) is 0 Å². The van der Waals surface area contributed by atoms with E-state index in [0.717, 1.165) is 11.5 Å². The lowest BCUT2D eigenvalue weighted by Crippen LogP contribution is -1.66. The predicted molar refractivity (Wildman–Crippen MR) is 34.7 cm³/mol. The van der Waals surface area contributed by atoms with E-state index in [0.29, 0.717) is 5.03 Å². The molecular formula is C5H8Cl2. The largest absolute Gasteiger partial charge is 0.0882 e. The fourth-order valence-corrected chi connectivity index (χ4v) is 0.377. The van der Waals surface area contributed by atoms with Crippen molar-refractivity contribution in [2.75, 3.05) is 0 Å². The average Bonchev–Trinajstić information content (AvgIpc) is 1.65. The molecule has 0 aromatic carbocycles. The Labute approximate surface area is 54.1 Å². The molecule has 0 saturated heterocycles. The van der Waals surface area contributed by atoms with Crippen molar-refractivity contribution in [3.63, 3.8) is 0 Å². The molecule has 2 heteroatoms. The molecule has 0 aromatic rings. The van der Waals surface area contributed by atoms with Gasteiger partial charge in [-0.3, -0.25) is 0 Å². The lowest BCUT2D eigenvalue weighted by molar-refractivity contribution is 1.18. The first-order valence-corrected chi connectivity index (χ1v) is 2.94. The molecule has 0 atom stereocenters. The quantitative estimate of drug-likeness (QED) is 0.523. The molecule has 0 bridgehead atoms. The summed E-state index contributed by atoms with van der Waals surface area (Å²) in [7, 11) is 0. The van der Waals surface area contributed by atoms with Crippen LogP contribution in [0, 0.1) is 0 Å². The fraction of sp³-hybridized carbons (Fsp3) is 0.600. The van der Waals surface area contributed by atoms with Gasteiger partial charge in [0.05, 0.1) is 0 Å². The van der Waals surface area contributed by atoms with E-state index < -0.39 is 0 Å². The molecule has 0 aliphatic carbocycles. The second-order valence-electron chi connectivity index (χ2n) is 1.29. The summed E-state index contributed by atoms with van der Waals surface area (Å²) < 4.78 is 0. The van der Waals surface area contributed by atoms with Gasteiger partial charge in [-0.15, -0.1) is 0 Å². The van der Waals surface area contributed by atoms with Gasteiger partial charge in [0.2, 0.25) is 0 Å². The van der Waals surface area contributed by atoms with Crippen molar-refractivity contribution in [3.05, 3.63) is 10.1 Å². The Morgan fingerprint density at radius 2 is 1.86 bits per heavy atom. The van der Waals surface area contributed by atoms with Crippen LogP contribution in [0.4, 0.5) is 0 Å². The zero-order valence-corrected chi connectivity index (χ0v) is 5.97. The summed E-state index contributed by atoms with van der Waals surface area (Å²) in [5.41, 5.74) is 0. The Balaban J connectivity index is 3.72. The van der Waals surface area contributed by atoms with E-state index >= 15 is 0 Å². The summed E-state index contributed by atoms with van der Waals surface area (Å²) in [6.07, 6.45) is 0.830. The van der Waals surface area contributed by atoms with Crippen LogP contribution >= 0.6 is 23.2 Å². The molecule has 0 radical (unpaired) electrons. The van der Waals surface area contributed by atoms with Crippen molar-refractivity contribution < 1.29 is 0 Å². The predicted octanol–water partition coefficient (Wildman–Crippen LogP) is 3.11. The van der Waals surface area contributed by atoms with Gasteiger partial charge in [0, 0.05) is 10.1 Å². The van der Waals surface area contributed by atoms with Crippen LogP contribution in [0.25, 0.3) is 0 Å². The molecule has 0 unspecified atom stereocenters. The van der Waals surface area contributed by atoms with Gasteiger partial charge in [0.25, 0.3) is 0 Å². The molecule has 0 aromatic heterocycles. The Hall–Kier alpha value is 0.320. The maximum atomic E-state index is 5.55. The zero-order chi connectivity index (χ0) is 5.86. The smallest absolute Gasteiger partial charge is 0.0320 e. The Morgan fingerprint density at radius 3 is 1.86 bits per heavy atom. The molecule has 0 aliphatic heterocycles. The van der Waals surface area contributed by atoms with Crippen LogP contribution in [-0.4, -0.2) is 0 Å². The molecule has 0 fully saturated rings. The molecule has 0 spiro atoms. The molecule has 7 heavy (non-hydrogen) atoms. The van der Waals surface area contributed by atoms with Crippen LogP contribution in [0.2, 0.25) is 0 Å². The topological polar surface area (TPSA) is 0 Å². The van der Waals surface area contributed by atoms with E-state index in [1.54, 1.807) is 6.92 Å².